The van der Waals surface area contributed by atoms with E-state index in [4.69, 9.17) is 9.47 Å². The number of halogens is 1. The number of amides is 1. The van der Waals surface area contributed by atoms with Gasteiger partial charge in [0.15, 0.2) is 11.5 Å². The van der Waals surface area contributed by atoms with Crippen LogP contribution in [0.2, 0.25) is 0 Å². The minimum absolute atomic E-state index is 0.0179. The summed E-state index contributed by atoms with van der Waals surface area (Å²) in [6.45, 7) is 0.776. The highest BCUT2D eigenvalue weighted by molar-refractivity contribution is 7.99. The molecule has 1 fully saturated rings. The molecule has 7 heteroatoms. The maximum atomic E-state index is 13.2. The number of aliphatic hydroxyl groups is 1. The molecular weight excluding hydrogens is 309 g/mol. The van der Waals surface area contributed by atoms with Crippen molar-refractivity contribution in [2.75, 3.05) is 32.2 Å². The Kier molecular flexibility index (Phi) is 5.90. The van der Waals surface area contributed by atoms with Crippen molar-refractivity contribution in [3.05, 3.63) is 24.0 Å². The van der Waals surface area contributed by atoms with Crippen LogP contribution in [0.5, 0.6) is 11.5 Å². The second-order valence-corrected chi connectivity index (χ2v) is 5.95. The summed E-state index contributed by atoms with van der Waals surface area (Å²) in [5, 5.41) is 10.2. The molecule has 1 aliphatic heterocycles. The summed E-state index contributed by atoms with van der Waals surface area (Å²) in [5.74, 6) is 0.681. The number of hydrogen-bond acceptors (Lipinski definition) is 5. The van der Waals surface area contributed by atoms with Crippen molar-refractivity contribution in [3.8, 4) is 11.5 Å². The molecule has 1 heterocycles. The number of ether oxygens (including phenoxy) is 2. The first-order valence-corrected chi connectivity index (χ1v) is 8.39. The number of benzene rings is 1. The number of nitrogens with zero attached hydrogens (tertiary/aromatic N) is 1. The van der Waals surface area contributed by atoms with Gasteiger partial charge in [0.05, 0.1) is 19.4 Å². The quantitative estimate of drug-likeness (QED) is 0.888. The Hall–Kier alpha value is -1.47. The van der Waals surface area contributed by atoms with Crippen LogP contribution in [-0.4, -0.2) is 60.3 Å². The monoisotopic (exact) mass is 329 g/mol. The molecule has 0 saturated carbocycles. The number of rotatable bonds is 5. The molecular formula is C15H20FNO4S. The lowest BCUT2D eigenvalue weighted by Gasteiger charge is -2.36. The number of hydrogen-bond donors (Lipinski definition) is 1. The Balaban J connectivity index is 1.99. The number of likely N-dealkylation sites (tertiary alicyclic amines) is 1. The predicted octanol–water partition coefficient (Wildman–Crippen LogP) is 1.54. The van der Waals surface area contributed by atoms with Crippen molar-refractivity contribution in [2.24, 2.45) is 0 Å². The molecule has 1 amide bonds. The molecule has 1 saturated heterocycles. The fourth-order valence-electron chi connectivity index (χ4n) is 2.39. The van der Waals surface area contributed by atoms with Gasteiger partial charge in [-0.25, -0.2) is 4.39 Å². The van der Waals surface area contributed by atoms with E-state index in [0.717, 1.165) is 0 Å². The molecule has 1 aromatic carbocycles. The lowest BCUT2D eigenvalue weighted by Crippen LogP contribution is -2.51. The van der Waals surface area contributed by atoms with E-state index < -0.39 is 18.0 Å². The third-order valence-corrected chi connectivity index (χ3v) is 4.08. The van der Waals surface area contributed by atoms with Crippen LogP contribution in [0.1, 0.15) is 6.42 Å². The highest BCUT2D eigenvalue weighted by Gasteiger charge is 2.31. The van der Waals surface area contributed by atoms with Gasteiger partial charge < -0.3 is 19.5 Å². The van der Waals surface area contributed by atoms with Gasteiger partial charge in [-0.15, -0.1) is 0 Å². The first-order valence-electron chi connectivity index (χ1n) is 7.00. The van der Waals surface area contributed by atoms with Crippen LogP contribution in [0.4, 0.5) is 4.39 Å². The normalized spacial score (nSPS) is 21.5. The fourth-order valence-corrected chi connectivity index (χ4v) is 2.82. The van der Waals surface area contributed by atoms with E-state index in [-0.39, 0.29) is 18.2 Å². The minimum atomic E-state index is -0.783. The molecule has 1 N–H and O–H groups in total. The zero-order valence-electron chi connectivity index (χ0n) is 12.6. The van der Waals surface area contributed by atoms with Crippen molar-refractivity contribution in [1.29, 1.82) is 0 Å². The number of aliphatic hydroxyl groups excluding tert-OH is 1. The number of carbonyl (C=O) groups is 1. The third kappa shape index (κ3) is 4.04. The number of thioether (sulfide) groups is 1. The molecule has 2 atom stereocenters. The molecule has 0 radical (unpaired) electrons. The first kappa shape index (κ1) is 16.9. The number of β-amino-alcohol motifs (C(OH)–C–C–N with tert-alkyl or cyclic N) is 1. The van der Waals surface area contributed by atoms with Gasteiger partial charge in [0.2, 0.25) is 5.91 Å². The third-order valence-electron chi connectivity index (χ3n) is 3.54. The maximum Gasteiger partial charge on any atom is 0.232 e. The van der Waals surface area contributed by atoms with Gasteiger partial charge in [-0.3, -0.25) is 4.79 Å². The van der Waals surface area contributed by atoms with E-state index in [1.54, 1.807) is 4.90 Å². The second-order valence-electron chi connectivity index (χ2n) is 5.08. The molecule has 0 bridgehead atoms. The van der Waals surface area contributed by atoms with Gasteiger partial charge >= 0.3 is 0 Å². The van der Waals surface area contributed by atoms with Crippen molar-refractivity contribution in [2.45, 2.75) is 18.6 Å². The summed E-state index contributed by atoms with van der Waals surface area (Å²) in [4.78, 5) is 13.5. The Morgan fingerprint density at radius 2 is 2.27 bits per heavy atom. The van der Waals surface area contributed by atoms with Crippen LogP contribution in [0.25, 0.3) is 0 Å². The van der Waals surface area contributed by atoms with Crippen LogP contribution in [0.15, 0.2) is 18.2 Å². The minimum Gasteiger partial charge on any atom is -0.493 e. The molecule has 0 unspecified atom stereocenters. The van der Waals surface area contributed by atoms with E-state index >= 15 is 0 Å². The molecule has 2 rings (SSSR count). The predicted molar refractivity (Wildman–Crippen MR) is 83.0 cm³/mol. The van der Waals surface area contributed by atoms with Gasteiger partial charge in [0, 0.05) is 19.0 Å². The SMILES string of the molecule is COc1cc(F)ccc1O[C@@H]1CCN(C(=O)CSC)C[C@H]1O. The zero-order valence-corrected chi connectivity index (χ0v) is 13.4. The van der Waals surface area contributed by atoms with Gasteiger partial charge in [-0.2, -0.15) is 11.8 Å². The highest BCUT2D eigenvalue weighted by atomic mass is 32.2. The van der Waals surface area contributed by atoms with E-state index in [1.807, 2.05) is 6.26 Å². The molecule has 1 aromatic rings. The molecule has 122 valence electrons. The standard InChI is InChI=1S/C15H20FNO4S/c1-20-14-7-10(16)3-4-13(14)21-12-5-6-17(8-11(12)18)15(19)9-22-2/h3-4,7,11-12,18H,5-6,8-9H2,1-2H3/t11-,12-/m1/s1. The van der Waals surface area contributed by atoms with Crippen LogP contribution >= 0.6 is 11.8 Å². The van der Waals surface area contributed by atoms with Crippen molar-refractivity contribution >= 4 is 17.7 Å². The topological polar surface area (TPSA) is 59.0 Å². The van der Waals surface area contributed by atoms with Gasteiger partial charge in [-0.1, -0.05) is 0 Å². The van der Waals surface area contributed by atoms with Crippen LogP contribution in [0, 0.1) is 5.82 Å². The average molecular weight is 329 g/mol. The average Bonchev–Trinajstić information content (AvgIpc) is 2.51. The smallest absolute Gasteiger partial charge is 0.232 e. The van der Waals surface area contributed by atoms with Gasteiger partial charge in [0.1, 0.15) is 18.0 Å². The van der Waals surface area contributed by atoms with E-state index in [1.165, 1.54) is 37.1 Å². The van der Waals surface area contributed by atoms with Crippen LogP contribution in [0.3, 0.4) is 0 Å². The number of methoxy groups -OCH3 is 1. The number of piperidine rings is 1. The summed E-state index contributed by atoms with van der Waals surface area (Å²) in [5.41, 5.74) is 0. The van der Waals surface area contributed by atoms with Gasteiger partial charge in [-0.05, 0) is 18.4 Å². The zero-order chi connectivity index (χ0) is 16.1. The molecule has 0 aliphatic carbocycles. The van der Waals surface area contributed by atoms with Crippen molar-refractivity contribution in [1.82, 2.24) is 4.90 Å². The van der Waals surface area contributed by atoms with Crippen molar-refractivity contribution < 1.29 is 23.8 Å². The Morgan fingerprint density at radius 1 is 1.50 bits per heavy atom. The molecule has 22 heavy (non-hydrogen) atoms. The summed E-state index contributed by atoms with van der Waals surface area (Å²) in [6.07, 6.45) is 1.15. The Labute approximate surface area is 133 Å². The lowest BCUT2D eigenvalue weighted by atomic mass is 10.0. The first-order chi connectivity index (χ1) is 10.5. The summed E-state index contributed by atoms with van der Waals surface area (Å²) in [6, 6.07) is 3.99. The molecule has 5 nitrogen and oxygen atoms in total. The fraction of sp³-hybridized carbons (Fsp3) is 0.533. The van der Waals surface area contributed by atoms with E-state index in [2.05, 4.69) is 0 Å². The van der Waals surface area contributed by atoms with Crippen LogP contribution < -0.4 is 9.47 Å². The van der Waals surface area contributed by atoms with Crippen molar-refractivity contribution in [3.63, 3.8) is 0 Å². The maximum absolute atomic E-state index is 13.2. The summed E-state index contributed by atoms with van der Waals surface area (Å²) >= 11 is 1.46. The van der Waals surface area contributed by atoms with Gasteiger partial charge in [0.25, 0.3) is 0 Å². The molecule has 0 aromatic heterocycles. The molecule has 0 spiro atoms. The summed E-state index contributed by atoms with van der Waals surface area (Å²) < 4.78 is 24.0. The second kappa shape index (κ2) is 7.69. The highest BCUT2D eigenvalue weighted by Crippen LogP contribution is 2.30. The lowest BCUT2D eigenvalue weighted by molar-refractivity contribution is -0.134. The van der Waals surface area contributed by atoms with Crippen LogP contribution in [-0.2, 0) is 4.79 Å². The number of carbonyl (C=O) groups excluding carboxylic acids is 1. The van der Waals surface area contributed by atoms with E-state index in [0.29, 0.717) is 24.5 Å². The van der Waals surface area contributed by atoms with E-state index in [9.17, 15) is 14.3 Å². The molecule has 1 aliphatic rings. The largest absolute Gasteiger partial charge is 0.493 e. The Morgan fingerprint density at radius 3 is 2.91 bits per heavy atom. The summed E-state index contributed by atoms with van der Waals surface area (Å²) in [7, 11) is 1.43. The Bertz CT molecular complexity index is 528.